The lowest BCUT2D eigenvalue weighted by atomic mass is 10.0. The van der Waals surface area contributed by atoms with Gasteiger partial charge in [0.15, 0.2) is 0 Å². The molecule has 0 aliphatic rings. The molecule has 98 valence electrons. The van der Waals surface area contributed by atoms with Gasteiger partial charge in [-0.1, -0.05) is 42.5 Å². The van der Waals surface area contributed by atoms with Gasteiger partial charge in [-0.05, 0) is 17.7 Å². The van der Waals surface area contributed by atoms with Crippen molar-refractivity contribution in [2.24, 2.45) is 0 Å². The lowest BCUT2D eigenvalue weighted by molar-refractivity contribution is 0.0664. The van der Waals surface area contributed by atoms with Crippen LogP contribution in [0.1, 0.15) is 10.6 Å². The van der Waals surface area contributed by atoms with Crippen molar-refractivity contribution in [2.75, 3.05) is 0 Å². The molecule has 3 aromatic rings. The standard InChI is InChI=1S/C16H10O4/c17-14-11-8-4-5-9-12(11)20-15(16(18)19)13(14)10-6-2-1-3-7-10/h1-9H,(H,18,19). The Kier molecular flexibility index (Phi) is 2.84. The van der Waals surface area contributed by atoms with Crippen molar-refractivity contribution in [1.82, 2.24) is 0 Å². The SMILES string of the molecule is O=C(O)c1oc2ccccc2c(=O)c1-c1ccccc1. The highest BCUT2D eigenvalue weighted by Gasteiger charge is 2.20. The molecule has 2 aromatic carbocycles. The highest BCUT2D eigenvalue weighted by Crippen LogP contribution is 2.24. The second kappa shape index (κ2) is 4.66. The van der Waals surface area contributed by atoms with E-state index in [1.165, 1.54) is 0 Å². The van der Waals surface area contributed by atoms with Gasteiger partial charge in [-0.2, -0.15) is 0 Å². The van der Waals surface area contributed by atoms with Crippen LogP contribution in [-0.2, 0) is 0 Å². The molecule has 4 nitrogen and oxygen atoms in total. The van der Waals surface area contributed by atoms with Gasteiger partial charge in [0.2, 0.25) is 11.2 Å². The Hall–Kier alpha value is -2.88. The summed E-state index contributed by atoms with van der Waals surface area (Å²) in [6.07, 6.45) is 0. The van der Waals surface area contributed by atoms with Crippen LogP contribution in [0.15, 0.2) is 63.8 Å². The molecule has 0 aliphatic heterocycles. The number of aromatic carboxylic acids is 1. The molecule has 4 heteroatoms. The summed E-state index contributed by atoms with van der Waals surface area (Å²) >= 11 is 0. The lowest BCUT2D eigenvalue weighted by Crippen LogP contribution is -2.12. The Morgan fingerprint density at radius 3 is 2.30 bits per heavy atom. The molecule has 0 spiro atoms. The third kappa shape index (κ3) is 1.87. The number of carboxylic acids is 1. The van der Waals surface area contributed by atoms with Crippen LogP contribution in [-0.4, -0.2) is 11.1 Å². The number of para-hydroxylation sites is 1. The molecule has 0 aliphatic carbocycles. The molecular formula is C16H10O4. The highest BCUT2D eigenvalue weighted by molar-refractivity contribution is 5.96. The molecule has 0 unspecified atom stereocenters. The minimum atomic E-state index is -1.26. The van der Waals surface area contributed by atoms with E-state index in [1.54, 1.807) is 54.6 Å². The van der Waals surface area contributed by atoms with E-state index >= 15 is 0 Å². The van der Waals surface area contributed by atoms with E-state index in [0.717, 1.165) is 0 Å². The van der Waals surface area contributed by atoms with Crippen molar-refractivity contribution in [3.05, 3.63) is 70.6 Å². The van der Waals surface area contributed by atoms with Gasteiger partial charge in [-0.15, -0.1) is 0 Å². The molecule has 0 atom stereocenters. The van der Waals surface area contributed by atoms with Gasteiger partial charge < -0.3 is 9.52 Å². The van der Waals surface area contributed by atoms with Crippen molar-refractivity contribution in [3.8, 4) is 11.1 Å². The first kappa shape index (κ1) is 12.2. The van der Waals surface area contributed by atoms with Gasteiger partial charge in [-0.25, -0.2) is 4.79 Å². The maximum Gasteiger partial charge on any atom is 0.372 e. The van der Waals surface area contributed by atoms with Gasteiger partial charge in [0.25, 0.3) is 0 Å². The van der Waals surface area contributed by atoms with E-state index in [4.69, 9.17) is 4.42 Å². The summed E-state index contributed by atoms with van der Waals surface area (Å²) in [5, 5.41) is 9.65. The van der Waals surface area contributed by atoms with E-state index in [-0.39, 0.29) is 22.3 Å². The van der Waals surface area contributed by atoms with E-state index in [0.29, 0.717) is 10.9 Å². The third-order valence-electron chi connectivity index (χ3n) is 3.05. The molecule has 3 rings (SSSR count). The molecule has 1 N–H and O–H groups in total. The number of rotatable bonds is 2. The molecule has 0 saturated carbocycles. The maximum atomic E-state index is 12.5. The summed E-state index contributed by atoms with van der Waals surface area (Å²) in [4.78, 5) is 23.9. The van der Waals surface area contributed by atoms with Crippen molar-refractivity contribution in [1.29, 1.82) is 0 Å². The van der Waals surface area contributed by atoms with Crippen LogP contribution < -0.4 is 5.43 Å². The van der Waals surface area contributed by atoms with Gasteiger partial charge >= 0.3 is 5.97 Å². The molecule has 0 radical (unpaired) electrons. The van der Waals surface area contributed by atoms with E-state index in [1.807, 2.05) is 0 Å². The van der Waals surface area contributed by atoms with Crippen molar-refractivity contribution in [2.45, 2.75) is 0 Å². The van der Waals surface area contributed by atoms with E-state index < -0.39 is 5.97 Å². The van der Waals surface area contributed by atoms with Gasteiger partial charge in [-0.3, -0.25) is 4.79 Å². The number of hydrogen-bond acceptors (Lipinski definition) is 3. The summed E-state index contributed by atoms with van der Waals surface area (Å²) in [6.45, 7) is 0. The summed E-state index contributed by atoms with van der Waals surface area (Å²) in [6, 6.07) is 15.3. The Morgan fingerprint density at radius 2 is 1.60 bits per heavy atom. The minimum Gasteiger partial charge on any atom is -0.475 e. The Balaban J connectivity index is 2.46. The normalized spacial score (nSPS) is 10.6. The first-order valence-electron chi connectivity index (χ1n) is 6.03. The zero-order valence-corrected chi connectivity index (χ0v) is 10.4. The van der Waals surface area contributed by atoms with Gasteiger partial charge in [0, 0.05) is 0 Å². The quantitative estimate of drug-likeness (QED) is 0.773. The predicted molar refractivity (Wildman–Crippen MR) is 74.9 cm³/mol. The first-order valence-corrected chi connectivity index (χ1v) is 6.03. The monoisotopic (exact) mass is 266 g/mol. The smallest absolute Gasteiger partial charge is 0.372 e. The van der Waals surface area contributed by atoms with Crippen LogP contribution in [0.2, 0.25) is 0 Å². The van der Waals surface area contributed by atoms with Crippen molar-refractivity contribution < 1.29 is 14.3 Å². The fourth-order valence-electron chi connectivity index (χ4n) is 2.16. The molecule has 20 heavy (non-hydrogen) atoms. The molecule has 0 amide bonds. The third-order valence-corrected chi connectivity index (χ3v) is 3.05. The Morgan fingerprint density at radius 1 is 0.950 bits per heavy atom. The molecular weight excluding hydrogens is 256 g/mol. The van der Waals surface area contributed by atoms with Crippen LogP contribution in [0.4, 0.5) is 0 Å². The van der Waals surface area contributed by atoms with Crippen LogP contribution >= 0.6 is 0 Å². The fraction of sp³-hybridized carbons (Fsp3) is 0. The summed E-state index contributed by atoms with van der Waals surface area (Å²) in [5.74, 6) is -1.59. The first-order chi connectivity index (χ1) is 9.68. The molecule has 0 saturated heterocycles. The van der Waals surface area contributed by atoms with Crippen LogP contribution in [0.3, 0.4) is 0 Å². The average molecular weight is 266 g/mol. The molecule has 0 bridgehead atoms. The van der Waals surface area contributed by atoms with E-state index in [2.05, 4.69) is 0 Å². The number of carbonyl (C=O) groups is 1. The minimum absolute atomic E-state index is 0.0804. The largest absolute Gasteiger partial charge is 0.475 e. The van der Waals surface area contributed by atoms with E-state index in [9.17, 15) is 14.7 Å². The zero-order chi connectivity index (χ0) is 14.1. The van der Waals surface area contributed by atoms with Crippen LogP contribution in [0, 0.1) is 0 Å². The van der Waals surface area contributed by atoms with Gasteiger partial charge in [0.1, 0.15) is 5.58 Å². The molecule has 1 heterocycles. The highest BCUT2D eigenvalue weighted by atomic mass is 16.4. The number of fused-ring (bicyclic) bond motifs is 1. The second-order valence-electron chi connectivity index (χ2n) is 4.30. The average Bonchev–Trinajstić information content (AvgIpc) is 2.48. The maximum absolute atomic E-state index is 12.5. The van der Waals surface area contributed by atoms with Gasteiger partial charge in [0.05, 0.1) is 10.9 Å². The topological polar surface area (TPSA) is 67.5 Å². The predicted octanol–water partition coefficient (Wildman–Crippen LogP) is 3.16. The Bertz CT molecular complexity index is 847. The van der Waals surface area contributed by atoms with Crippen molar-refractivity contribution in [3.63, 3.8) is 0 Å². The van der Waals surface area contributed by atoms with Crippen LogP contribution in [0.25, 0.3) is 22.1 Å². The zero-order valence-electron chi connectivity index (χ0n) is 10.4. The number of benzene rings is 2. The van der Waals surface area contributed by atoms with Crippen molar-refractivity contribution >= 4 is 16.9 Å². The Labute approximate surface area is 113 Å². The fourth-order valence-corrected chi connectivity index (χ4v) is 2.16. The summed E-state index contributed by atoms with van der Waals surface area (Å²) < 4.78 is 5.39. The lowest BCUT2D eigenvalue weighted by Gasteiger charge is -2.06. The molecule has 1 aromatic heterocycles. The number of hydrogen-bond donors (Lipinski definition) is 1. The summed E-state index contributed by atoms with van der Waals surface area (Å²) in [5.41, 5.74) is 0.547. The summed E-state index contributed by atoms with van der Waals surface area (Å²) in [7, 11) is 0. The second-order valence-corrected chi connectivity index (χ2v) is 4.30. The molecule has 0 fully saturated rings. The number of carboxylic acid groups (broad SMARTS) is 1. The van der Waals surface area contributed by atoms with Crippen LogP contribution in [0.5, 0.6) is 0 Å².